The maximum atomic E-state index is 10.8. The molecular formula is C11H14NaO2. The van der Waals surface area contributed by atoms with Gasteiger partial charge in [-0.2, -0.15) is 0 Å². The first-order chi connectivity index (χ1) is 6.25. The third-order valence-electron chi connectivity index (χ3n) is 2.05. The molecule has 0 spiro atoms. The molecular weight excluding hydrogens is 187 g/mol. The van der Waals surface area contributed by atoms with Crippen LogP contribution in [0.4, 0.5) is 0 Å². The smallest absolute Gasteiger partial charge is 0.335 e. The standard InChI is InChI=1S/C11H14O2.Na/c1-2-3-6-9-7-4-5-8-10(9)11(12)13;/h4-5,7-8H,2-3,6H2,1H3,(H,12,13);. The van der Waals surface area contributed by atoms with Crippen molar-refractivity contribution in [1.82, 2.24) is 0 Å². The van der Waals surface area contributed by atoms with E-state index in [1.807, 2.05) is 12.1 Å². The van der Waals surface area contributed by atoms with Gasteiger partial charge in [-0.1, -0.05) is 31.5 Å². The van der Waals surface area contributed by atoms with Gasteiger partial charge in [-0.05, 0) is 24.5 Å². The molecule has 2 nitrogen and oxygen atoms in total. The van der Waals surface area contributed by atoms with Crippen molar-refractivity contribution in [3.63, 3.8) is 0 Å². The van der Waals surface area contributed by atoms with E-state index in [2.05, 4.69) is 6.92 Å². The molecule has 0 unspecified atom stereocenters. The van der Waals surface area contributed by atoms with Crippen LogP contribution in [-0.2, 0) is 6.42 Å². The fraction of sp³-hybridized carbons (Fsp3) is 0.364. The fourth-order valence-electron chi connectivity index (χ4n) is 1.31. The van der Waals surface area contributed by atoms with Crippen molar-refractivity contribution in [3.05, 3.63) is 35.4 Å². The number of aromatic carboxylic acids is 1. The molecule has 1 rings (SSSR count). The Bertz CT molecular complexity index is 297. The van der Waals surface area contributed by atoms with E-state index in [0.717, 1.165) is 24.8 Å². The Hall–Kier alpha value is -0.310. The topological polar surface area (TPSA) is 37.3 Å². The zero-order valence-electron chi connectivity index (χ0n) is 8.79. The molecule has 0 aliphatic heterocycles. The predicted molar refractivity (Wildman–Crippen MR) is 57.8 cm³/mol. The van der Waals surface area contributed by atoms with Crippen molar-refractivity contribution in [2.24, 2.45) is 0 Å². The van der Waals surface area contributed by atoms with Crippen molar-refractivity contribution < 1.29 is 9.90 Å². The number of rotatable bonds is 4. The number of hydrogen-bond acceptors (Lipinski definition) is 1. The van der Waals surface area contributed by atoms with E-state index >= 15 is 0 Å². The summed E-state index contributed by atoms with van der Waals surface area (Å²) in [7, 11) is 0. The van der Waals surface area contributed by atoms with Crippen molar-refractivity contribution in [3.8, 4) is 0 Å². The van der Waals surface area contributed by atoms with Crippen LogP contribution in [0.2, 0.25) is 0 Å². The number of carboxylic acid groups (broad SMARTS) is 1. The van der Waals surface area contributed by atoms with Gasteiger partial charge in [0.15, 0.2) is 0 Å². The van der Waals surface area contributed by atoms with Crippen molar-refractivity contribution in [1.29, 1.82) is 0 Å². The molecule has 0 aliphatic rings. The van der Waals surface area contributed by atoms with Gasteiger partial charge in [0, 0.05) is 29.6 Å². The number of aryl methyl sites for hydroxylation is 1. The summed E-state index contributed by atoms with van der Waals surface area (Å²) in [6.45, 7) is 2.10. The minimum atomic E-state index is -0.827. The Balaban J connectivity index is 0.00000169. The van der Waals surface area contributed by atoms with Crippen molar-refractivity contribution in [2.75, 3.05) is 0 Å². The van der Waals surface area contributed by atoms with Crippen LogP contribution < -0.4 is 0 Å². The first-order valence-electron chi connectivity index (χ1n) is 4.57. The molecule has 0 aromatic heterocycles. The monoisotopic (exact) mass is 201 g/mol. The van der Waals surface area contributed by atoms with Crippen LogP contribution in [0.1, 0.15) is 35.7 Å². The van der Waals surface area contributed by atoms with Crippen LogP contribution in [0.3, 0.4) is 0 Å². The first-order valence-corrected chi connectivity index (χ1v) is 4.57. The Labute approximate surface area is 107 Å². The second-order valence-electron chi connectivity index (χ2n) is 3.07. The van der Waals surface area contributed by atoms with Gasteiger partial charge in [-0.15, -0.1) is 0 Å². The number of carbonyl (C=O) groups is 1. The zero-order chi connectivity index (χ0) is 9.68. The maximum Gasteiger partial charge on any atom is 0.335 e. The molecule has 0 heterocycles. The van der Waals surface area contributed by atoms with Crippen LogP contribution in [0, 0.1) is 0 Å². The molecule has 0 fully saturated rings. The van der Waals surface area contributed by atoms with Crippen molar-refractivity contribution in [2.45, 2.75) is 26.2 Å². The third-order valence-corrected chi connectivity index (χ3v) is 2.05. The van der Waals surface area contributed by atoms with Gasteiger partial charge >= 0.3 is 5.97 Å². The predicted octanol–water partition coefficient (Wildman–Crippen LogP) is 2.35. The number of hydrogen-bond donors (Lipinski definition) is 1. The van der Waals surface area contributed by atoms with Gasteiger partial charge in [0.2, 0.25) is 0 Å². The minimum Gasteiger partial charge on any atom is -0.478 e. The summed E-state index contributed by atoms with van der Waals surface area (Å²) in [5.41, 5.74) is 1.38. The normalized spacial score (nSPS) is 9.21. The molecule has 1 N–H and O–H groups in total. The number of carboxylic acids is 1. The molecule has 14 heavy (non-hydrogen) atoms. The van der Waals surface area contributed by atoms with E-state index in [0.29, 0.717) is 5.56 Å². The molecule has 1 aromatic rings. The number of benzene rings is 1. The van der Waals surface area contributed by atoms with Crippen molar-refractivity contribution >= 4 is 35.5 Å². The molecule has 71 valence electrons. The van der Waals surface area contributed by atoms with E-state index in [1.54, 1.807) is 12.1 Å². The summed E-state index contributed by atoms with van der Waals surface area (Å²) in [4.78, 5) is 10.8. The molecule has 0 bridgehead atoms. The summed E-state index contributed by atoms with van der Waals surface area (Å²) >= 11 is 0. The van der Waals surface area contributed by atoms with Crippen LogP contribution >= 0.6 is 0 Å². The largest absolute Gasteiger partial charge is 0.478 e. The van der Waals surface area contributed by atoms with Gasteiger partial charge in [-0.25, -0.2) is 4.79 Å². The second-order valence-corrected chi connectivity index (χ2v) is 3.07. The SMILES string of the molecule is CCCCc1ccccc1C(=O)O.[Na]. The summed E-state index contributed by atoms with van der Waals surface area (Å²) in [6.07, 6.45) is 3.00. The van der Waals surface area contributed by atoms with Crippen LogP contribution in [0.5, 0.6) is 0 Å². The third kappa shape index (κ3) is 3.82. The van der Waals surface area contributed by atoms with Gasteiger partial charge in [0.25, 0.3) is 0 Å². The fourth-order valence-corrected chi connectivity index (χ4v) is 1.31. The van der Waals surface area contributed by atoms with E-state index in [1.165, 1.54) is 0 Å². The summed E-state index contributed by atoms with van der Waals surface area (Å²) < 4.78 is 0. The van der Waals surface area contributed by atoms with E-state index in [9.17, 15) is 4.79 Å². The molecule has 0 atom stereocenters. The Morgan fingerprint density at radius 3 is 2.57 bits per heavy atom. The van der Waals surface area contributed by atoms with E-state index in [4.69, 9.17) is 5.11 Å². The molecule has 0 saturated carbocycles. The van der Waals surface area contributed by atoms with Gasteiger partial charge in [0.1, 0.15) is 0 Å². The van der Waals surface area contributed by atoms with E-state index < -0.39 is 5.97 Å². The molecule has 1 aromatic carbocycles. The Morgan fingerprint density at radius 1 is 1.36 bits per heavy atom. The minimum absolute atomic E-state index is 0. The molecule has 0 amide bonds. The first kappa shape index (κ1) is 13.7. The zero-order valence-corrected chi connectivity index (χ0v) is 10.8. The second kappa shape index (κ2) is 7.04. The summed E-state index contributed by atoms with van der Waals surface area (Å²) in [5.74, 6) is -0.827. The van der Waals surface area contributed by atoms with Gasteiger partial charge < -0.3 is 5.11 Å². The average molecular weight is 201 g/mol. The van der Waals surface area contributed by atoms with Crippen LogP contribution in [0.15, 0.2) is 24.3 Å². The van der Waals surface area contributed by atoms with Crippen LogP contribution in [0.25, 0.3) is 0 Å². The van der Waals surface area contributed by atoms with Crippen LogP contribution in [-0.4, -0.2) is 40.6 Å². The quantitative estimate of drug-likeness (QED) is 0.759. The van der Waals surface area contributed by atoms with Gasteiger partial charge in [0.05, 0.1) is 5.56 Å². The Morgan fingerprint density at radius 2 is 2.00 bits per heavy atom. The summed E-state index contributed by atoms with van der Waals surface area (Å²) in [5, 5.41) is 8.86. The summed E-state index contributed by atoms with van der Waals surface area (Å²) in [6, 6.07) is 7.20. The molecule has 3 heteroatoms. The molecule has 1 radical (unpaired) electrons. The molecule has 0 aliphatic carbocycles. The Kier molecular flexibility index (Phi) is 6.89. The number of unbranched alkanes of at least 4 members (excludes halogenated alkanes) is 1. The van der Waals surface area contributed by atoms with E-state index in [-0.39, 0.29) is 29.6 Å². The molecule has 0 saturated heterocycles. The average Bonchev–Trinajstić information content (AvgIpc) is 2.15. The van der Waals surface area contributed by atoms with Gasteiger partial charge in [-0.3, -0.25) is 0 Å². The maximum absolute atomic E-state index is 10.8.